The topological polar surface area (TPSA) is 55.1 Å². The average molecular weight is 180 g/mol. The standard InChI is InChI=1S/C9H12N2O2/c1-5-3-7(5)9(12)10-8-4-6(2)13-11-8/h4-5,7H,3H2,1-2H3,(H,10,11,12)/t5-,7-/m1/s1. The van der Waals surface area contributed by atoms with E-state index < -0.39 is 0 Å². The molecule has 1 aliphatic carbocycles. The van der Waals surface area contributed by atoms with Crippen LogP contribution in [0.25, 0.3) is 0 Å². The molecule has 4 heteroatoms. The predicted molar refractivity (Wildman–Crippen MR) is 47.1 cm³/mol. The van der Waals surface area contributed by atoms with Crippen LogP contribution < -0.4 is 5.32 Å². The number of nitrogens with zero attached hydrogens (tertiary/aromatic N) is 1. The third-order valence-electron chi connectivity index (χ3n) is 2.33. The molecule has 1 heterocycles. The lowest BCUT2D eigenvalue weighted by Gasteiger charge is -1.97. The molecule has 0 aliphatic heterocycles. The van der Waals surface area contributed by atoms with Gasteiger partial charge >= 0.3 is 0 Å². The van der Waals surface area contributed by atoms with Crippen molar-refractivity contribution in [2.75, 3.05) is 5.32 Å². The van der Waals surface area contributed by atoms with Gasteiger partial charge in [0.25, 0.3) is 0 Å². The zero-order valence-corrected chi connectivity index (χ0v) is 7.70. The normalized spacial score (nSPS) is 25.7. The van der Waals surface area contributed by atoms with Gasteiger partial charge in [-0.2, -0.15) is 0 Å². The average Bonchev–Trinajstić information content (AvgIpc) is 2.66. The third kappa shape index (κ3) is 1.71. The predicted octanol–water partition coefficient (Wildman–Crippen LogP) is 1.58. The number of hydrogen-bond donors (Lipinski definition) is 1. The highest BCUT2D eigenvalue weighted by Gasteiger charge is 2.39. The van der Waals surface area contributed by atoms with Gasteiger partial charge in [-0.3, -0.25) is 4.79 Å². The van der Waals surface area contributed by atoms with Crippen molar-refractivity contribution in [3.63, 3.8) is 0 Å². The fraction of sp³-hybridized carbons (Fsp3) is 0.556. The molecule has 0 radical (unpaired) electrons. The Bertz CT molecular complexity index is 332. The summed E-state index contributed by atoms with van der Waals surface area (Å²) in [5.41, 5.74) is 0. The van der Waals surface area contributed by atoms with Crippen molar-refractivity contribution in [1.82, 2.24) is 5.16 Å². The van der Waals surface area contributed by atoms with Crippen molar-refractivity contribution in [2.45, 2.75) is 20.3 Å². The van der Waals surface area contributed by atoms with Crippen LogP contribution in [0.15, 0.2) is 10.6 Å². The number of carbonyl (C=O) groups is 1. The summed E-state index contributed by atoms with van der Waals surface area (Å²) in [5.74, 6) is 1.98. The summed E-state index contributed by atoms with van der Waals surface area (Å²) in [6.07, 6.45) is 0.989. The number of anilines is 1. The Labute approximate surface area is 76.3 Å². The molecule has 4 nitrogen and oxygen atoms in total. The Hall–Kier alpha value is -1.32. The fourth-order valence-corrected chi connectivity index (χ4v) is 1.33. The van der Waals surface area contributed by atoms with Gasteiger partial charge in [0.2, 0.25) is 5.91 Å². The van der Waals surface area contributed by atoms with Crippen LogP contribution in [0.4, 0.5) is 5.82 Å². The van der Waals surface area contributed by atoms with Crippen LogP contribution in [0.3, 0.4) is 0 Å². The molecule has 1 amide bonds. The van der Waals surface area contributed by atoms with Gasteiger partial charge in [0.15, 0.2) is 5.82 Å². The van der Waals surface area contributed by atoms with Gasteiger partial charge in [0, 0.05) is 12.0 Å². The van der Waals surface area contributed by atoms with E-state index >= 15 is 0 Å². The second kappa shape index (κ2) is 2.87. The molecule has 0 spiro atoms. The molecule has 1 fully saturated rings. The maximum absolute atomic E-state index is 11.4. The molecule has 2 atom stereocenters. The quantitative estimate of drug-likeness (QED) is 0.751. The maximum Gasteiger partial charge on any atom is 0.229 e. The number of amides is 1. The van der Waals surface area contributed by atoms with Crippen LogP contribution in [0.5, 0.6) is 0 Å². The van der Waals surface area contributed by atoms with Gasteiger partial charge in [-0.25, -0.2) is 0 Å². The van der Waals surface area contributed by atoms with E-state index in [1.807, 2.05) is 0 Å². The summed E-state index contributed by atoms with van der Waals surface area (Å²) in [6.45, 7) is 3.86. The van der Waals surface area contributed by atoms with Crippen molar-refractivity contribution in [2.24, 2.45) is 11.8 Å². The van der Waals surface area contributed by atoms with Crippen molar-refractivity contribution in [1.29, 1.82) is 0 Å². The number of carbonyl (C=O) groups excluding carboxylic acids is 1. The fourth-order valence-electron chi connectivity index (χ4n) is 1.33. The minimum absolute atomic E-state index is 0.0563. The zero-order valence-electron chi connectivity index (χ0n) is 7.70. The van der Waals surface area contributed by atoms with Crippen molar-refractivity contribution in [3.8, 4) is 0 Å². The lowest BCUT2D eigenvalue weighted by molar-refractivity contribution is -0.117. The van der Waals surface area contributed by atoms with Crippen LogP contribution in [0.1, 0.15) is 19.1 Å². The largest absolute Gasteiger partial charge is 0.360 e. The molecule has 70 valence electrons. The maximum atomic E-state index is 11.4. The molecule has 0 aromatic carbocycles. The molecule has 0 bridgehead atoms. The number of aromatic nitrogens is 1. The van der Waals surface area contributed by atoms with Crippen LogP contribution >= 0.6 is 0 Å². The number of nitrogens with one attached hydrogen (secondary N) is 1. The Kier molecular flexibility index (Phi) is 1.83. The van der Waals surface area contributed by atoms with E-state index in [9.17, 15) is 4.79 Å². The third-order valence-corrected chi connectivity index (χ3v) is 2.33. The van der Waals surface area contributed by atoms with Crippen LogP contribution in [0, 0.1) is 18.8 Å². The van der Waals surface area contributed by atoms with Gasteiger partial charge < -0.3 is 9.84 Å². The van der Waals surface area contributed by atoms with Crippen molar-refractivity contribution in [3.05, 3.63) is 11.8 Å². The molecule has 2 rings (SSSR count). The first-order valence-electron chi connectivity index (χ1n) is 4.41. The summed E-state index contributed by atoms with van der Waals surface area (Å²) in [6, 6.07) is 1.71. The monoisotopic (exact) mass is 180 g/mol. The highest BCUT2D eigenvalue weighted by molar-refractivity contribution is 5.93. The molecule has 1 aromatic heterocycles. The first-order valence-corrected chi connectivity index (χ1v) is 4.41. The Morgan fingerprint density at radius 3 is 2.92 bits per heavy atom. The Balaban J connectivity index is 1.95. The molecule has 0 unspecified atom stereocenters. The minimum atomic E-state index is 0.0563. The van der Waals surface area contributed by atoms with Gasteiger partial charge in [-0.15, -0.1) is 0 Å². The van der Waals surface area contributed by atoms with E-state index in [4.69, 9.17) is 4.52 Å². The van der Waals surface area contributed by atoms with Crippen LogP contribution in [0.2, 0.25) is 0 Å². The summed E-state index contributed by atoms with van der Waals surface area (Å²) in [4.78, 5) is 11.4. The summed E-state index contributed by atoms with van der Waals surface area (Å²) < 4.78 is 4.83. The zero-order chi connectivity index (χ0) is 9.42. The summed E-state index contributed by atoms with van der Waals surface area (Å²) in [7, 11) is 0. The summed E-state index contributed by atoms with van der Waals surface area (Å²) >= 11 is 0. The molecule has 1 N–H and O–H groups in total. The highest BCUT2D eigenvalue weighted by Crippen LogP contribution is 2.38. The molecule has 13 heavy (non-hydrogen) atoms. The molecular weight excluding hydrogens is 168 g/mol. The molecule has 1 aliphatic rings. The van der Waals surface area contributed by atoms with Gasteiger partial charge in [0.05, 0.1) is 0 Å². The van der Waals surface area contributed by atoms with E-state index in [0.29, 0.717) is 17.5 Å². The Morgan fingerprint density at radius 1 is 1.77 bits per heavy atom. The smallest absolute Gasteiger partial charge is 0.229 e. The second-order valence-corrected chi connectivity index (χ2v) is 3.63. The lowest BCUT2D eigenvalue weighted by Crippen LogP contribution is -2.14. The van der Waals surface area contributed by atoms with E-state index in [1.54, 1.807) is 13.0 Å². The summed E-state index contributed by atoms with van der Waals surface area (Å²) in [5, 5.41) is 6.40. The van der Waals surface area contributed by atoms with Gasteiger partial charge in [-0.1, -0.05) is 12.1 Å². The number of hydrogen-bond acceptors (Lipinski definition) is 3. The minimum Gasteiger partial charge on any atom is -0.360 e. The molecular formula is C9H12N2O2. The SMILES string of the molecule is Cc1cc(NC(=O)[C@@H]2C[C@H]2C)no1. The van der Waals surface area contributed by atoms with Crippen molar-refractivity contribution >= 4 is 11.7 Å². The van der Waals surface area contributed by atoms with E-state index in [0.717, 1.165) is 6.42 Å². The second-order valence-electron chi connectivity index (χ2n) is 3.63. The van der Waals surface area contributed by atoms with Gasteiger partial charge in [0.1, 0.15) is 5.76 Å². The molecule has 1 aromatic rings. The van der Waals surface area contributed by atoms with Crippen molar-refractivity contribution < 1.29 is 9.32 Å². The number of aryl methyl sites for hydroxylation is 1. The lowest BCUT2D eigenvalue weighted by atomic mass is 10.3. The van der Waals surface area contributed by atoms with Crippen LogP contribution in [-0.2, 0) is 4.79 Å². The molecule has 1 saturated carbocycles. The van der Waals surface area contributed by atoms with E-state index in [-0.39, 0.29) is 11.8 Å². The van der Waals surface area contributed by atoms with Crippen LogP contribution in [-0.4, -0.2) is 11.1 Å². The highest BCUT2D eigenvalue weighted by atomic mass is 16.5. The first kappa shape index (κ1) is 8.29. The van der Waals surface area contributed by atoms with E-state index in [1.165, 1.54) is 0 Å². The van der Waals surface area contributed by atoms with E-state index in [2.05, 4.69) is 17.4 Å². The molecule has 0 saturated heterocycles. The van der Waals surface area contributed by atoms with Gasteiger partial charge in [-0.05, 0) is 19.3 Å². The number of rotatable bonds is 2. The first-order chi connectivity index (χ1) is 6.16. The Morgan fingerprint density at radius 2 is 2.46 bits per heavy atom.